The molecule has 0 aliphatic carbocycles. The van der Waals surface area contributed by atoms with Crippen LogP contribution in [0.4, 0.5) is 0 Å². The van der Waals surface area contributed by atoms with Crippen molar-refractivity contribution in [2.75, 3.05) is 19.7 Å². The Bertz CT molecular complexity index is 787. The number of amidine groups is 1. The van der Waals surface area contributed by atoms with Crippen LogP contribution in [0.15, 0.2) is 28.1 Å². The van der Waals surface area contributed by atoms with Gasteiger partial charge in [0.2, 0.25) is 0 Å². The second-order valence-corrected chi connectivity index (χ2v) is 7.84. The number of halogens is 2. The zero-order chi connectivity index (χ0) is 18.7. The first-order valence-electron chi connectivity index (χ1n) is 8.37. The van der Waals surface area contributed by atoms with Gasteiger partial charge in [-0.3, -0.25) is 9.59 Å². The molecule has 1 aromatic carbocycles. The molecule has 26 heavy (non-hydrogen) atoms. The highest BCUT2D eigenvalue weighted by Crippen LogP contribution is 2.34. The number of nitrogens with zero attached hydrogens (tertiary/aromatic N) is 2. The van der Waals surface area contributed by atoms with Crippen molar-refractivity contribution >= 4 is 58.1 Å². The van der Waals surface area contributed by atoms with Gasteiger partial charge >= 0.3 is 5.97 Å². The van der Waals surface area contributed by atoms with Gasteiger partial charge < -0.3 is 9.64 Å². The number of piperidine rings is 1. The molecule has 2 aliphatic heterocycles. The maximum absolute atomic E-state index is 12.2. The Labute approximate surface area is 166 Å². The van der Waals surface area contributed by atoms with Gasteiger partial charge in [-0.15, -0.1) is 0 Å². The third-order valence-electron chi connectivity index (χ3n) is 4.24. The molecule has 2 aliphatic rings. The molecule has 0 spiro atoms. The lowest BCUT2D eigenvalue weighted by molar-refractivity contribution is -0.149. The predicted molar refractivity (Wildman–Crippen MR) is 105 cm³/mol. The number of hydrogen-bond acceptors (Lipinski definition) is 5. The molecule has 1 amide bonds. The van der Waals surface area contributed by atoms with Gasteiger partial charge in [0.05, 0.1) is 17.4 Å². The molecule has 5 nitrogen and oxygen atoms in total. The predicted octanol–water partition coefficient (Wildman–Crippen LogP) is 4.24. The van der Waals surface area contributed by atoms with Crippen molar-refractivity contribution in [2.24, 2.45) is 10.9 Å². The van der Waals surface area contributed by atoms with Crippen molar-refractivity contribution in [1.82, 2.24) is 4.90 Å². The Morgan fingerprint density at radius 3 is 2.77 bits per heavy atom. The molecule has 0 saturated carbocycles. The fourth-order valence-electron chi connectivity index (χ4n) is 2.86. The van der Waals surface area contributed by atoms with Crippen LogP contribution >= 0.6 is 35.0 Å². The van der Waals surface area contributed by atoms with Crippen LogP contribution < -0.4 is 0 Å². The van der Waals surface area contributed by atoms with Crippen LogP contribution in [0.1, 0.15) is 25.3 Å². The molecule has 0 unspecified atom stereocenters. The first-order valence-corrected chi connectivity index (χ1v) is 9.94. The number of hydrogen-bond donors (Lipinski definition) is 0. The maximum atomic E-state index is 12.2. The van der Waals surface area contributed by atoms with E-state index in [4.69, 9.17) is 27.9 Å². The first kappa shape index (κ1) is 19.3. The normalized spacial score (nSPS) is 19.8. The van der Waals surface area contributed by atoms with Gasteiger partial charge in [-0.05, 0) is 55.3 Å². The molecule has 1 aromatic rings. The summed E-state index contributed by atoms with van der Waals surface area (Å²) in [5.74, 6) is -0.484. The van der Waals surface area contributed by atoms with Crippen LogP contribution in [0.5, 0.6) is 0 Å². The number of ether oxygens (including phenoxy) is 1. The van der Waals surface area contributed by atoms with Crippen molar-refractivity contribution in [3.63, 3.8) is 0 Å². The molecule has 0 aromatic heterocycles. The van der Waals surface area contributed by atoms with Crippen LogP contribution in [0.25, 0.3) is 6.08 Å². The van der Waals surface area contributed by atoms with E-state index >= 15 is 0 Å². The quantitative estimate of drug-likeness (QED) is 0.548. The van der Waals surface area contributed by atoms with Crippen molar-refractivity contribution < 1.29 is 14.3 Å². The number of likely N-dealkylation sites (tertiary alicyclic amines) is 1. The molecule has 3 rings (SSSR count). The third-order valence-corrected chi connectivity index (χ3v) is 5.85. The summed E-state index contributed by atoms with van der Waals surface area (Å²) in [6.07, 6.45) is 3.14. The summed E-state index contributed by atoms with van der Waals surface area (Å²) in [6.45, 7) is 3.57. The number of amides is 1. The van der Waals surface area contributed by atoms with E-state index in [1.165, 1.54) is 11.8 Å². The lowest BCUT2D eigenvalue weighted by Crippen LogP contribution is -2.39. The Hall–Kier alpha value is -1.50. The van der Waals surface area contributed by atoms with Gasteiger partial charge in [0.15, 0.2) is 5.17 Å². The molecule has 0 atom stereocenters. The van der Waals surface area contributed by atoms with Crippen molar-refractivity contribution in [3.05, 3.63) is 38.7 Å². The molecular weight excluding hydrogens is 395 g/mol. The molecule has 8 heteroatoms. The van der Waals surface area contributed by atoms with Gasteiger partial charge in [-0.2, -0.15) is 4.99 Å². The largest absolute Gasteiger partial charge is 0.466 e. The van der Waals surface area contributed by atoms with Crippen molar-refractivity contribution in [1.29, 1.82) is 0 Å². The lowest BCUT2D eigenvalue weighted by atomic mass is 9.97. The molecule has 1 saturated heterocycles. The van der Waals surface area contributed by atoms with Crippen LogP contribution in [-0.4, -0.2) is 41.6 Å². The second kappa shape index (κ2) is 8.46. The van der Waals surface area contributed by atoms with Crippen LogP contribution in [0, 0.1) is 5.92 Å². The van der Waals surface area contributed by atoms with Crippen molar-refractivity contribution in [3.8, 4) is 0 Å². The lowest BCUT2D eigenvalue weighted by Gasteiger charge is -2.31. The number of thioether (sulfide) groups is 1. The zero-order valence-corrected chi connectivity index (χ0v) is 16.5. The molecule has 1 fully saturated rings. The number of carbonyl (C=O) groups is 2. The van der Waals surface area contributed by atoms with E-state index in [1.807, 2.05) is 11.8 Å². The Morgan fingerprint density at radius 2 is 2.12 bits per heavy atom. The fraction of sp³-hybridized carbons (Fsp3) is 0.389. The van der Waals surface area contributed by atoms with E-state index in [0.717, 1.165) is 5.56 Å². The minimum absolute atomic E-state index is 0.0724. The molecule has 0 bridgehead atoms. The summed E-state index contributed by atoms with van der Waals surface area (Å²) in [5, 5.41) is 1.71. The SMILES string of the molecule is CCOC(=O)C1CCN(C2=NC(=O)/C(=C/c3ccc(Cl)cc3Cl)S2)CC1. The van der Waals surface area contributed by atoms with Gasteiger partial charge in [-0.25, -0.2) is 0 Å². The topological polar surface area (TPSA) is 59.0 Å². The van der Waals surface area contributed by atoms with Gasteiger partial charge in [-0.1, -0.05) is 29.3 Å². The number of esters is 1. The van der Waals surface area contributed by atoms with Crippen LogP contribution in [-0.2, 0) is 14.3 Å². The zero-order valence-electron chi connectivity index (χ0n) is 14.2. The molecular formula is C18H18Cl2N2O3S. The summed E-state index contributed by atoms with van der Waals surface area (Å²) >= 11 is 13.4. The summed E-state index contributed by atoms with van der Waals surface area (Å²) in [7, 11) is 0. The number of rotatable bonds is 3. The first-order chi connectivity index (χ1) is 12.5. The van der Waals surface area contributed by atoms with Gasteiger partial charge in [0.1, 0.15) is 0 Å². The van der Waals surface area contributed by atoms with E-state index in [-0.39, 0.29) is 17.8 Å². The molecule has 0 N–H and O–H groups in total. The monoisotopic (exact) mass is 412 g/mol. The number of benzene rings is 1. The van der Waals surface area contributed by atoms with E-state index in [0.29, 0.717) is 52.7 Å². The van der Waals surface area contributed by atoms with Crippen LogP contribution in [0.2, 0.25) is 10.0 Å². The Morgan fingerprint density at radius 1 is 1.38 bits per heavy atom. The number of carbonyl (C=O) groups excluding carboxylic acids is 2. The minimum atomic E-state index is -0.275. The summed E-state index contributed by atoms with van der Waals surface area (Å²) < 4.78 is 5.08. The number of aliphatic imine (C=N–C) groups is 1. The molecule has 0 radical (unpaired) electrons. The second-order valence-electron chi connectivity index (χ2n) is 5.99. The van der Waals surface area contributed by atoms with Gasteiger partial charge in [0.25, 0.3) is 5.91 Å². The molecule has 138 valence electrons. The average molecular weight is 413 g/mol. The minimum Gasteiger partial charge on any atom is -0.466 e. The summed E-state index contributed by atoms with van der Waals surface area (Å²) in [4.78, 5) is 30.8. The summed E-state index contributed by atoms with van der Waals surface area (Å²) in [5.41, 5.74) is 0.726. The van der Waals surface area contributed by atoms with E-state index in [2.05, 4.69) is 4.99 Å². The summed E-state index contributed by atoms with van der Waals surface area (Å²) in [6, 6.07) is 5.14. The smallest absolute Gasteiger partial charge is 0.309 e. The Balaban J connectivity index is 1.64. The highest BCUT2D eigenvalue weighted by molar-refractivity contribution is 8.18. The highest BCUT2D eigenvalue weighted by atomic mass is 35.5. The van der Waals surface area contributed by atoms with E-state index in [9.17, 15) is 9.59 Å². The standard InChI is InChI=1S/C18H18Cl2N2O3S/c1-2-25-17(24)11-5-7-22(8-6-11)18-21-16(23)15(26-18)9-12-3-4-13(19)10-14(12)20/h3-4,9-11H,2,5-8H2,1H3/b15-9-. The highest BCUT2D eigenvalue weighted by Gasteiger charge is 2.31. The third kappa shape index (κ3) is 4.42. The van der Waals surface area contributed by atoms with Crippen molar-refractivity contribution in [2.45, 2.75) is 19.8 Å². The van der Waals surface area contributed by atoms with E-state index in [1.54, 1.807) is 24.3 Å². The fourth-order valence-corrected chi connectivity index (χ4v) is 4.28. The van der Waals surface area contributed by atoms with E-state index < -0.39 is 0 Å². The van der Waals surface area contributed by atoms with Gasteiger partial charge in [0, 0.05) is 23.1 Å². The molecule has 2 heterocycles. The van der Waals surface area contributed by atoms with Crippen LogP contribution in [0.3, 0.4) is 0 Å². The Kier molecular flexibility index (Phi) is 6.27. The average Bonchev–Trinajstić information content (AvgIpc) is 2.98. The maximum Gasteiger partial charge on any atom is 0.309 e.